The molecule has 0 heterocycles. The molecular formula is C17H10Br2ClF. The van der Waals surface area contributed by atoms with Gasteiger partial charge in [0.1, 0.15) is 5.82 Å². The molecule has 0 saturated carbocycles. The minimum atomic E-state index is -0.398. The monoisotopic (exact) mass is 426 g/mol. The van der Waals surface area contributed by atoms with Crippen molar-refractivity contribution < 1.29 is 4.39 Å². The third-order valence-corrected chi connectivity index (χ3v) is 5.24. The molecule has 1 atom stereocenters. The van der Waals surface area contributed by atoms with E-state index < -0.39 is 5.38 Å². The summed E-state index contributed by atoms with van der Waals surface area (Å²) in [6, 6.07) is 17.0. The van der Waals surface area contributed by atoms with Crippen molar-refractivity contribution in [3.8, 4) is 0 Å². The third-order valence-electron chi connectivity index (χ3n) is 3.41. The smallest absolute Gasteiger partial charge is 0.137 e. The summed E-state index contributed by atoms with van der Waals surface area (Å²) in [5.41, 5.74) is 1.71. The number of rotatable bonds is 2. The van der Waals surface area contributed by atoms with Crippen LogP contribution in [0, 0.1) is 5.82 Å². The van der Waals surface area contributed by atoms with Gasteiger partial charge < -0.3 is 0 Å². The van der Waals surface area contributed by atoms with Gasteiger partial charge in [0.2, 0.25) is 0 Å². The topological polar surface area (TPSA) is 0 Å². The van der Waals surface area contributed by atoms with Crippen LogP contribution in [0.25, 0.3) is 10.8 Å². The molecule has 0 spiro atoms. The zero-order valence-electron chi connectivity index (χ0n) is 10.8. The number of alkyl halides is 1. The fourth-order valence-corrected chi connectivity index (χ4v) is 3.41. The molecule has 21 heavy (non-hydrogen) atoms. The first-order valence-corrected chi connectivity index (χ1v) is 8.36. The molecule has 1 unspecified atom stereocenters. The van der Waals surface area contributed by atoms with Gasteiger partial charge in [-0.05, 0) is 56.0 Å². The van der Waals surface area contributed by atoms with Gasteiger partial charge in [0.15, 0.2) is 0 Å². The molecule has 0 N–H and O–H groups in total. The lowest BCUT2D eigenvalue weighted by molar-refractivity contribution is 0.619. The summed E-state index contributed by atoms with van der Waals surface area (Å²) in [5, 5.41) is 1.76. The Balaban J connectivity index is 2.15. The van der Waals surface area contributed by atoms with Crippen molar-refractivity contribution in [1.82, 2.24) is 0 Å². The first kappa shape index (κ1) is 15.0. The summed E-state index contributed by atoms with van der Waals surface area (Å²) in [7, 11) is 0. The predicted octanol–water partition coefficient (Wildman–Crippen LogP) is 6.83. The standard InChI is InChI=1S/C17H10Br2ClF/c18-14-8-6-13(11-3-1-2-4-12(11)14)17(20)10-5-7-15(19)16(21)9-10/h1-9,17H. The third kappa shape index (κ3) is 2.87. The molecule has 0 fully saturated rings. The van der Waals surface area contributed by atoms with Crippen molar-refractivity contribution in [3.63, 3.8) is 0 Å². The summed E-state index contributed by atoms with van der Waals surface area (Å²) < 4.78 is 15.2. The summed E-state index contributed by atoms with van der Waals surface area (Å²) in [6.45, 7) is 0. The Kier molecular flexibility index (Phi) is 4.34. The minimum absolute atomic E-state index is 0.306. The number of benzene rings is 3. The lowest BCUT2D eigenvalue weighted by Crippen LogP contribution is -1.96. The van der Waals surface area contributed by atoms with Crippen LogP contribution in [0.5, 0.6) is 0 Å². The van der Waals surface area contributed by atoms with Gasteiger partial charge in [-0.1, -0.05) is 52.3 Å². The van der Waals surface area contributed by atoms with Crippen LogP contribution in [-0.2, 0) is 0 Å². The minimum Gasteiger partial charge on any atom is -0.206 e. The van der Waals surface area contributed by atoms with Crippen molar-refractivity contribution in [2.45, 2.75) is 5.38 Å². The largest absolute Gasteiger partial charge is 0.206 e. The van der Waals surface area contributed by atoms with Crippen LogP contribution in [0.3, 0.4) is 0 Å². The first-order chi connectivity index (χ1) is 10.1. The summed E-state index contributed by atoms with van der Waals surface area (Å²) in [6.07, 6.45) is 0. The van der Waals surface area contributed by atoms with Crippen LogP contribution in [0.15, 0.2) is 63.5 Å². The van der Waals surface area contributed by atoms with Gasteiger partial charge in [0.05, 0.1) is 9.85 Å². The second-order valence-electron chi connectivity index (χ2n) is 4.72. The highest BCUT2D eigenvalue weighted by Crippen LogP contribution is 2.37. The molecule has 0 bridgehead atoms. The van der Waals surface area contributed by atoms with Crippen LogP contribution in [-0.4, -0.2) is 0 Å². The molecule has 3 rings (SSSR count). The lowest BCUT2D eigenvalue weighted by Gasteiger charge is -2.14. The van der Waals surface area contributed by atoms with E-state index in [-0.39, 0.29) is 5.82 Å². The van der Waals surface area contributed by atoms with E-state index in [0.29, 0.717) is 4.47 Å². The van der Waals surface area contributed by atoms with Gasteiger partial charge in [-0.2, -0.15) is 0 Å². The Hall–Kier alpha value is -0.900. The summed E-state index contributed by atoms with van der Waals surface area (Å²) >= 11 is 13.3. The number of hydrogen-bond acceptors (Lipinski definition) is 0. The van der Waals surface area contributed by atoms with E-state index in [1.807, 2.05) is 42.5 Å². The maximum atomic E-state index is 13.7. The lowest BCUT2D eigenvalue weighted by atomic mass is 9.98. The van der Waals surface area contributed by atoms with E-state index in [2.05, 4.69) is 31.9 Å². The Morgan fingerprint density at radius 1 is 0.857 bits per heavy atom. The number of fused-ring (bicyclic) bond motifs is 1. The van der Waals surface area contributed by atoms with E-state index in [4.69, 9.17) is 11.6 Å². The molecule has 0 saturated heterocycles. The highest BCUT2D eigenvalue weighted by atomic mass is 79.9. The van der Waals surface area contributed by atoms with E-state index in [9.17, 15) is 4.39 Å². The van der Waals surface area contributed by atoms with E-state index >= 15 is 0 Å². The second-order valence-corrected chi connectivity index (χ2v) is 6.86. The van der Waals surface area contributed by atoms with Crippen LogP contribution in [0.4, 0.5) is 4.39 Å². The van der Waals surface area contributed by atoms with Crippen molar-refractivity contribution >= 4 is 54.2 Å². The van der Waals surface area contributed by atoms with Crippen LogP contribution < -0.4 is 0 Å². The van der Waals surface area contributed by atoms with Crippen molar-refractivity contribution in [3.05, 3.63) is 80.5 Å². The fourth-order valence-electron chi connectivity index (χ4n) is 2.36. The molecule has 4 heteroatoms. The zero-order valence-corrected chi connectivity index (χ0v) is 14.7. The van der Waals surface area contributed by atoms with Crippen LogP contribution in [0.1, 0.15) is 16.5 Å². The van der Waals surface area contributed by atoms with Gasteiger partial charge in [0, 0.05) is 4.47 Å². The molecule has 0 aromatic heterocycles. The molecule has 0 aliphatic rings. The predicted molar refractivity (Wildman–Crippen MR) is 93.4 cm³/mol. The van der Waals surface area contributed by atoms with Crippen LogP contribution >= 0.6 is 43.5 Å². The molecule has 106 valence electrons. The number of hydrogen-bond donors (Lipinski definition) is 0. The highest BCUT2D eigenvalue weighted by molar-refractivity contribution is 9.11. The molecule has 0 aliphatic heterocycles. The molecule has 0 nitrogen and oxygen atoms in total. The maximum Gasteiger partial charge on any atom is 0.137 e. The Morgan fingerprint density at radius 3 is 2.24 bits per heavy atom. The fraction of sp³-hybridized carbons (Fsp3) is 0.0588. The Labute approximate surface area is 144 Å². The zero-order chi connectivity index (χ0) is 15.0. The highest BCUT2D eigenvalue weighted by Gasteiger charge is 2.16. The quantitative estimate of drug-likeness (QED) is 0.392. The molecule has 0 radical (unpaired) electrons. The molecule has 0 aliphatic carbocycles. The van der Waals surface area contributed by atoms with Crippen molar-refractivity contribution in [1.29, 1.82) is 0 Å². The van der Waals surface area contributed by atoms with Gasteiger partial charge >= 0.3 is 0 Å². The van der Waals surface area contributed by atoms with Gasteiger partial charge in [-0.25, -0.2) is 4.39 Å². The molecular weight excluding hydrogens is 418 g/mol. The normalized spacial score (nSPS) is 12.6. The maximum absolute atomic E-state index is 13.7. The second kappa shape index (κ2) is 6.07. The van der Waals surface area contributed by atoms with Crippen molar-refractivity contribution in [2.24, 2.45) is 0 Å². The van der Waals surface area contributed by atoms with Crippen molar-refractivity contribution in [2.75, 3.05) is 0 Å². The van der Waals surface area contributed by atoms with Gasteiger partial charge in [-0.3, -0.25) is 0 Å². The van der Waals surface area contributed by atoms with E-state index in [1.54, 1.807) is 6.07 Å². The van der Waals surface area contributed by atoms with E-state index in [0.717, 1.165) is 26.4 Å². The van der Waals surface area contributed by atoms with Gasteiger partial charge in [0.25, 0.3) is 0 Å². The number of halogens is 4. The average molecular weight is 429 g/mol. The van der Waals surface area contributed by atoms with Gasteiger partial charge in [-0.15, -0.1) is 11.6 Å². The van der Waals surface area contributed by atoms with E-state index in [1.165, 1.54) is 6.07 Å². The Bertz CT molecular complexity index is 817. The van der Waals surface area contributed by atoms with Crippen LogP contribution in [0.2, 0.25) is 0 Å². The summed E-state index contributed by atoms with van der Waals surface area (Å²) in [4.78, 5) is 0. The molecule has 3 aromatic rings. The average Bonchev–Trinajstić information content (AvgIpc) is 2.50. The first-order valence-electron chi connectivity index (χ1n) is 6.34. The SMILES string of the molecule is Fc1cc(C(Cl)c2ccc(Br)c3ccccc23)ccc1Br. The molecule has 3 aromatic carbocycles. The Morgan fingerprint density at radius 2 is 1.52 bits per heavy atom. The summed E-state index contributed by atoms with van der Waals surface area (Å²) in [5.74, 6) is -0.306. The molecule has 0 amide bonds.